The van der Waals surface area contributed by atoms with Crippen LogP contribution in [0.4, 0.5) is 0 Å². The van der Waals surface area contributed by atoms with Gasteiger partial charge in [0.25, 0.3) is 0 Å². The third kappa shape index (κ3) is 1.80. The summed E-state index contributed by atoms with van der Waals surface area (Å²) in [6.45, 7) is 6.32. The van der Waals surface area contributed by atoms with E-state index in [1.165, 1.54) is 12.3 Å². The molecule has 1 aromatic carbocycles. The number of benzene rings is 1. The minimum absolute atomic E-state index is 0.141. The Kier molecular flexibility index (Phi) is 2.64. The fourth-order valence-corrected chi connectivity index (χ4v) is 2.62. The maximum atomic E-state index is 11.5. The molecule has 4 nitrogen and oxygen atoms in total. The Morgan fingerprint density at radius 1 is 1.15 bits per heavy atom. The Morgan fingerprint density at radius 3 is 2.55 bits per heavy atom. The van der Waals surface area contributed by atoms with Gasteiger partial charge in [-0.2, -0.15) is 0 Å². The largest absolute Gasteiger partial charge is 0.496 e. The molecule has 2 aromatic heterocycles. The van der Waals surface area contributed by atoms with Crippen LogP contribution in [0.25, 0.3) is 21.9 Å². The van der Waals surface area contributed by atoms with E-state index in [-0.39, 0.29) is 11.0 Å². The molecule has 0 aliphatic carbocycles. The maximum Gasteiger partial charge on any atom is 0.336 e. The van der Waals surface area contributed by atoms with Gasteiger partial charge < -0.3 is 13.6 Å². The number of hydrogen-bond donors (Lipinski definition) is 0. The number of fused-ring (bicyclic) bond motifs is 3. The Labute approximate surface area is 115 Å². The zero-order valence-electron chi connectivity index (χ0n) is 11.9. The predicted octanol–water partition coefficient (Wildman–Crippen LogP) is 3.85. The SMILES string of the molecule is COc1ccc2oc3coc(=O)cc3c2c1C(C)(C)C. The van der Waals surface area contributed by atoms with Crippen molar-refractivity contribution in [3.05, 3.63) is 40.4 Å². The Hall–Kier alpha value is -2.23. The minimum atomic E-state index is -0.386. The van der Waals surface area contributed by atoms with Crippen LogP contribution in [0.2, 0.25) is 0 Å². The van der Waals surface area contributed by atoms with Crippen molar-refractivity contribution in [1.82, 2.24) is 0 Å². The van der Waals surface area contributed by atoms with E-state index in [9.17, 15) is 4.79 Å². The van der Waals surface area contributed by atoms with E-state index in [1.54, 1.807) is 7.11 Å². The van der Waals surface area contributed by atoms with Crippen LogP contribution in [0.15, 0.2) is 38.1 Å². The fraction of sp³-hybridized carbons (Fsp3) is 0.312. The van der Waals surface area contributed by atoms with Crippen molar-refractivity contribution in [1.29, 1.82) is 0 Å². The van der Waals surface area contributed by atoms with Crippen LogP contribution >= 0.6 is 0 Å². The molecule has 0 bridgehead atoms. The van der Waals surface area contributed by atoms with Crippen LogP contribution < -0.4 is 10.4 Å². The highest BCUT2D eigenvalue weighted by Crippen LogP contribution is 2.41. The molecule has 0 saturated heterocycles. The van der Waals surface area contributed by atoms with Gasteiger partial charge in [0.15, 0.2) is 5.58 Å². The lowest BCUT2D eigenvalue weighted by Gasteiger charge is -2.23. The Bertz CT molecular complexity index is 846. The molecule has 0 atom stereocenters. The molecule has 0 unspecified atom stereocenters. The third-order valence-electron chi connectivity index (χ3n) is 3.40. The number of hydrogen-bond acceptors (Lipinski definition) is 4. The maximum absolute atomic E-state index is 11.5. The smallest absolute Gasteiger partial charge is 0.336 e. The summed E-state index contributed by atoms with van der Waals surface area (Å²) in [5.41, 5.74) is 1.80. The van der Waals surface area contributed by atoms with Crippen molar-refractivity contribution in [3.63, 3.8) is 0 Å². The lowest BCUT2D eigenvalue weighted by Crippen LogP contribution is -2.13. The van der Waals surface area contributed by atoms with Crippen molar-refractivity contribution < 1.29 is 13.6 Å². The quantitative estimate of drug-likeness (QED) is 0.675. The van der Waals surface area contributed by atoms with Gasteiger partial charge in [-0.05, 0) is 17.5 Å². The average molecular weight is 272 g/mol. The van der Waals surface area contributed by atoms with Crippen molar-refractivity contribution in [3.8, 4) is 5.75 Å². The first kappa shape index (κ1) is 12.8. The molecule has 0 radical (unpaired) electrons. The summed E-state index contributed by atoms with van der Waals surface area (Å²) >= 11 is 0. The first-order valence-corrected chi connectivity index (χ1v) is 6.44. The monoisotopic (exact) mass is 272 g/mol. The highest BCUT2D eigenvalue weighted by Gasteiger charge is 2.25. The molecular formula is C16H16O4. The summed E-state index contributed by atoms with van der Waals surface area (Å²) in [5.74, 6) is 0.793. The van der Waals surface area contributed by atoms with Crippen LogP contribution in [0.5, 0.6) is 5.75 Å². The van der Waals surface area contributed by atoms with E-state index >= 15 is 0 Å². The zero-order valence-corrected chi connectivity index (χ0v) is 11.9. The Morgan fingerprint density at radius 2 is 1.90 bits per heavy atom. The van der Waals surface area contributed by atoms with Crippen LogP contribution in [-0.2, 0) is 5.41 Å². The van der Waals surface area contributed by atoms with E-state index in [4.69, 9.17) is 13.6 Å². The summed E-state index contributed by atoms with van der Waals surface area (Å²) in [6, 6.07) is 5.21. The van der Waals surface area contributed by atoms with E-state index in [1.807, 2.05) is 12.1 Å². The zero-order chi connectivity index (χ0) is 14.5. The highest BCUT2D eigenvalue weighted by molar-refractivity contribution is 6.07. The van der Waals surface area contributed by atoms with Gasteiger partial charge in [-0.3, -0.25) is 0 Å². The molecule has 2 heterocycles. The molecule has 104 valence electrons. The number of rotatable bonds is 1. The summed E-state index contributed by atoms with van der Waals surface area (Å²) in [5, 5.41) is 1.68. The molecule has 0 aliphatic heterocycles. The standard InChI is InChI=1S/C16H16O4/c1-16(2,3)15-11(18-4)6-5-10-14(15)9-7-13(17)19-8-12(9)20-10/h5-8H,1-4H3. The first-order chi connectivity index (χ1) is 9.41. The van der Waals surface area contributed by atoms with Crippen LogP contribution in [0.1, 0.15) is 26.3 Å². The summed E-state index contributed by atoms with van der Waals surface area (Å²) in [4.78, 5) is 11.5. The normalized spacial score (nSPS) is 12.2. The molecule has 0 amide bonds. The lowest BCUT2D eigenvalue weighted by molar-refractivity contribution is 0.399. The summed E-state index contributed by atoms with van der Waals surface area (Å²) in [7, 11) is 1.65. The highest BCUT2D eigenvalue weighted by atomic mass is 16.5. The second-order valence-corrected chi connectivity index (χ2v) is 5.85. The summed E-state index contributed by atoms with van der Waals surface area (Å²) in [6.07, 6.45) is 1.36. The van der Waals surface area contributed by atoms with E-state index in [0.717, 1.165) is 27.7 Å². The van der Waals surface area contributed by atoms with Crippen molar-refractivity contribution in [2.24, 2.45) is 0 Å². The van der Waals surface area contributed by atoms with Crippen molar-refractivity contribution >= 4 is 21.9 Å². The topological polar surface area (TPSA) is 52.6 Å². The molecule has 0 saturated carbocycles. The van der Waals surface area contributed by atoms with Gasteiger partial charge in [0.2, 0.25) is 0 Å². The molecule has 4 heteroatoms. The van der Waals surface area contributed by atoms with Crippen molar-refractivity contribution in [2.75, 3.05) is 7.11 Å². The summed E-state index contributed by atoms with van der Waals surface area (Å²) < 4.78 is 16.1. The van der Waals surface area contributed by atoms with Gasteiger partial charge in [0, 0.05) is 22.4 Å². The lowest BCUT2D eigenvalue weighted by atomic mass is 9.83. The van der Waals surface area contributed by atoms with Gasteiger partial charge in [-0.15, -0.1) is 0 Å². The Balaban J connectivity index is 2.57. The average Bonchev–Trinajstić information content (AvgIpc) is 2.74. The van der Waals surface area contributed by atoms with E-state index in [2.05, 4.69) is 20.8 Å². The molecule has 0 fully saturated rings. The number of furan rings is 1. The molecule has 20 heavy (non-hydrogen) atoms. The fourth-order valence-electron chi connectivity index (χ4n) is 2.62. The molecule has 0 spiro atoms. The number of methoxy groups -OCH3 is 1. The minimum Gasteiger partial charge on any atom is -0.496 e. The van der Waals surface area contributed by atoms with Crippen molar-refractivity contribution in [2.45, 2.75) is 26.2 Å². The molecule has 3 rings (SSSR count). The van der Waals surface area contributed by atoms with Gasteiger partial charge in [-0.1, -0.05) is 20.8 Å². The second kappa shape index (κ2) is 4.13. The van der Waals surface area contributed by atoms with Gasteiger partial charge in [-0.25, -0.2) is 4.79 Å². The molecule has 3 aromatic rings. The van der Waals surface area contributed by atoms with Crippen LogP contribution in [0.3, 0.4) is 0 Å². The molecule has 0 N–H and O–H groups in total. The van der Waals surface area contributed by atoms with Gasteiger partial charge in [0.1, 0.15) is 17.6 Å². The van der Waals surface area contributed by atoms with Gasteiger partial charge in [0.05, 0.1) is 7.11 Å². The first-order valence-electron chi connectivity index (χ1n) is 6.44. The third-order valence-corrected chi connectivity index (χ3v) is 3.40. The van der Waals surface area contributed by atoms with Gasteiger partial charge >= 0.3 is 5.63 Å². The van der Waals surface area contributed by atoms with E-state index < -0.39 is 0 Å². The predicted molar refractivity (Wildman–Crippen MR) is 77.5 cm³/mol. The van der Waals surface area contributed by atoms with E-state index in [0.29, 0.717) is 5.58 Å². The molecular weight excluding hydrogens is 256 g/mol. The second-order valence-electron chi connectivity index (χ2n) is 5.85. The molecule has 0 aliphatic rings. The van der Waals surface area contributed by atoms with Crippen LogP contribution in [-0.4, -0.2) is 7.11 Å². The van der Waals surface area contributed by atoms with Crippen LogP contribution in [0, 0.1) is 0 Å². The number of ether oxygens (including phenoxy) is 1.